The van der Waals surface area contributed by atoms with E-state index in [9.17, 15) is 14.6 Å². The zero-order chi connectivity index (χ0) is 15.1. The zero-order valence-corrected chi connectivity index (χ0v) is 12.2. The van der Waals surface area contributed by atoms with Crippen LogP contribution < -0.4 is 0 Å². The number of nitrogens with zero attached hydrogens (tertiary/aromatic N) is 2. The molecule has 0 aliphatic heterocycles. The van der Waals surface area contributed by atoms with E-state index in [1.54, 1.807) is 0 Å². The molecule has 0 saturated carbocycles. The van der Waals surface area contributed by atoms with Crippen LogP contribution in [0.15, 0.2) is 18.3 Å². The van der Waals surface area contributed by atoms with Gasteiger partial charge in [-0.15, -0.1) is 0 Å². The van der Waals surface area contributed by atoms with Crippen molar-refractivity contribution in [3.8, 4) is 0 Å². The molecule has 114 valence electrons. The van der Waals surface area contributed by atoms with Crippen molar-refractivity contribution in [3.05, 3.63) is 29.8 Å². The Morgan fingerprint density at radius 3 is 2.60 bits per heavy atom. The first-order valence-corrected chi connectivity index (χ1v) is 6.59. The maximum atomic E-state index is 12.8. The molecule has 0 aliphatic carbocycles. The van der Waals surface area contributed by atoms with Crippen LogP contribution in [0, 0.1) is 11.7 Å². The van der Waals surface area contributed by atoms with Gasteiger partial charge in [0.15, 0.2) is 0 Å². The molecule has 0 fully saturated rings. The molecule has 3 atom stereocenters. The summed E-state index contributed by atoms with van der Waals surface area (Å²) in [5.74, 6) is -0.513. The first-order chi connectivity index (χ1) is 9.43. The number of aliphatic hydroxyl groups is 2. The lowest BCUT2D eigenvalue weighted by Gasteiger charge is -2.26. The number of ether oxygens (including phenoxy) is 1. The van der Waals surface area contributed by atoms with Crippen molar-refractivity contribution >= 4 is 0 Å². The summed E-state index contributed by atoms with van der Waals surface area (Å²) >= 11 is 0. The topological polar surface area (TPSA) is 65.8 Å². The predicted octanol–water partition coefficient (Wildman–Crippen LogP) is 0.829. The average Bonchev–Trinajstić information content (AvgIpc) is 2.38. The smallest absolute Gasteiger partial charge is 0.141 e. The van der Waals surface area contributed by atoms with Crippen LogP contribution in [0.3, 0.4) is 0 Å². The molecule has 0 spiro atoms. The standard InChI is InChI=1S/C14H23FN2O3/c1-10(7-17(2)8-12(18)9-20-3)14(19)13-5-4-11(15)6-16-13/h4-6,10,12,14,18-19H,7-9H2,1-3H3. The number of methoxy groups -OCH3 is 1. The maximum Gasteiger partial charge on any atom is 0.141 e. The Kier molecular flexibility index (Phi) is 7.01. The second-order valence-corrected chi connectivity index (χ2v) is 5.15. The van der Waals surface area contributed by atoms with Gasteiger partial charge in [0, 0.05) is 26.1 Å². The summed E-state index contributed by atoms with van der Waals surface area (Å²) in [6, 6.07) is 2.76. The monoisotopic (exact) mass is 286 g/mol. The van der Waals surface area contributed by atoms with Crippen LogP contribution >= 0.6 is 0 Å². The quantitative estimate of drug-likeness (QED) is 0.741. The van der Waals surface area contributed by atoms with Crippen LogP contribution in [0.1, 0.15) is 18.7 Å². The van der Waals surface area contributed by atoms with E-state index in [0.29, 0.717) is 18.8 Å². The van der Waals surface area contributed by atoms with Gasteiger partial charge in [0.25, 0.3) is 0 Å². The highest BCUT2D eigenvalue weighted by Crippen LogP contribution is 2.20. The molecule has 5 nitrogen and oxygen atoms in total. The number of aromatic nitrogens is 1. The van der Waals surface area contributed by atoms with E-state index < -0.39 is 18.0 Å². The van der Waals surface area contributed by atoms with Gasteiger partial charge in [-0.05, 0) is 19.2 Å². The molecule has 0 bridgehead atoms. The molecule has 0 saturated heterocycles. The minimum absolute atomic E-state index is 0.0901. The van der Waals surface area contributed by atoms with Crippen LogP contribution in [-0.4, -0.2) is 60.1 Å². The van der Waals surface area contributed by atoms with E-state index in [-0.39, 0.29) is 12.5 Å². The Bertz CT molecular complexity index is 389. The summed E-state index contributed by atoms with van der Waals surface area (Å²) in [6.07, 6.45) is -0.229. The fourth-order valence-electron chi connectivity index (χ4n) is 2.12. The highest BCUT2D eigenvalue weighted by atomic mass is 19.1. The van der Waals surface area contributed by atoms with E-state index in [0.717, 1.165) is 6.20 Å². The second kappa shape index (κ2) is 8.26. The number of likely N-dealkylation sites (N-methyl/N-ethyl adjacent to an activating group) is 1. The molecule has 1 rings (SSSR count). The first kappa shape index (κ1) is 17.0. The van der Waals surface area contributed by atoms with Gasteiger partial charge < -0.3 is 19.8 Å². The van der Waals surface area contributed by atoms with Gasteiger partial charge in [0.05, 0.1) is 30.7 Å². The summed E-state index contributed by atoms with van der Waals surface area (Å²) in [5, 5.41) is 19.8. The number of hydrogen-bond donors (Lipinski definition) is 2. The summed E-state index contributed by atoms with van der Waals surface area (Å²) in [7, 11) is 3.40. The Labute approximate surface area is 119 Å². The molecule has 1 aromatic heterocycles. The third-order valence-electron chi connectivity index (χ3n) is 3.07. The predicted molar refractivity (Wildman–Crippen MR) is 73.7 cm³/mol. The Hall–Kier alpha value is -1.08. The van der Waals surface area contributed by atoms with Crippen molar-refractivity contribution < 1.29 is 19.3 Å². The Morgan fingerprint density at radius 1 is 1.35 bits per heavy atom. The van der Waals surface area contributed by atoms with Gasteiger partial charge in [0.2, 0.25) is 0 Å². The van der Waals surface area contributed by atoms with Gasteiger partial charge in [0.1, 0.15) is 5.82 Å². The fraction of sp³-hybridized carbons (Fsp3) is 0.643. The normalized spacial score (nSPS) is 16.1. The first-order valence-electron chi connectivity index (χ1n) is 6.59. The van der Waals surface area contributed by atoms with Crippen LogP contribution in [-0.2, 0) is 4.74 Å². The number of hydrogen-bond acceptors (Lipinski definition) is 5. The van der Waals surface area contributed by atoms with Gasteiger partial charge in [-0.25, -0.2) is 4.39 Å². The lowest BCUT2D eigenvalue weighted by atomic mass is 10.0. The number of pyridine rings is 1. The highest BCUT2D eigenvalue weighted by molar-refractivity contribution is 5.08. The van der Waals surface area contributed by atoms with Gasteiger partial charge >= 0.3 is 0 Å². The van der Waals surface area contributed by atoms with Gasteiger partial charge in [-0.2, -0.15) is 0 Å². The minimum atomic E-state index is -0.766. The third kappa shape index (κ3) is 5.50. The van der Waals surface area contributed by atoms with E-state index in [1.165, 1.54) is 19.2 Å². The molecular formula is C14H23FN2O3. The fourth-order valence-corrected chi connectivity index (χ4v) is 2.12. The third-order valence-corrected chi connectivity index (χ3v) is 3.07. The van der Waals surface area contributed by atoms with Crippen LogP contribution in [0.2, 0.25) is 0 Å². The van der Waals surface area contributed by atoms with E-state index in [1.807, 2.05) is 18.9 Å². The van der Waals surface area contributed by atoms with Crippen molar-refractivity contribution in [1.29, 1.82) is 0 Å². The van der Waals surface area contributed by atoms with Crippen molar-refractivity contribution in [2.75, 3.05) is 33.9 Å². The van der Waals surface area contributed by atoms with Crippen LogP contribution in [0.5, 0.6) is 0 Å². The Morgan fingerprint density at radius 2 is 2.05 bits per heavy atom. The average molecular weight is 286 g/mol. The molecule has 20 heavy (non-hydrogen) atoms. The number of rotatable bonds is 8. The minimum Gasteiger partial charge on any atom is -0.389 e. The van der Waals surface area contributed by atoms with Crippen LogP contribution in [0.25, 0.3) is 0 Å². The van der Waals surface area contributed by atoms with E-state index in [2.05, 4.69) is 4.98 Å². The summed E-state index contributed by atoms with van der Waals surface area (Å²) < 4.78 is 17.7. The van der Waals surface area contributed by atoms with Crippen molar-refractivity contribution in [3.63, 3.8) is 0 Å². The number of halogens is 1. The lowest BCUT2D eigenvalue weighted by molar-refractivity contribution is 0.0310. The summed E-state index contributed by atoms with van der Waals surface area (Å²) in [6.45, 7) is 3.21. The largest absolute Gasteiger partial charge is 0.389 e. The molecule has 0 amide bonds. The van der Waals surface area contributed by atoms with Crippen molar-refractivity contribution in [1.82, 2.24) is 9.88 Å². The number of aliphatic hydroxyl groups excluding tert-OH is 2. The van der Waals surface area contributed by atoms with E-state index >= 15 is 0 Å². The molecule has 1 heterocycles. The Balaban J connectivity index is 2.48. The van der Waals surface area contributed by atoms with Gasteiger partial charge in [-0.1, -0.05) is 6.92 Å². The van der Waals surface area contributed by atoms with Crippen molar-refractivity contribution in [2.45, 2.75) is 19.1 Å². The molecule has 0 aliphatic rings. The second-order valence-electron chi connectivity index (χ2n) is 5.15. The zero-order valence-electron chi connectivity index (χ0n) is 12.2. The SMILES string of the molecule is COCC(O)CN(C)CC(C)C(O)c1ccc(F)cn1. The molecular weight excluding hydrogens is 263 g/mol. The van der Waals surface area contributed by atoms with Gasteiger partial charge in [-0.3, -0.25) is 4.98 Å². The summed E-state index contributed by atoms with van der Waals surface area (Å²) in [5.41, 5.74) is 0.449. The molecule has 2 N–H and O–H groups in total. The summed E-state index contributed by atoms with van der Waals surface area (Å²) in [4.78, 5) is 5.80. The van der Waals surface area contributed by atoms with Crippen molar-refractivity contribution in [2.24, 2.45) is 5.92 Å². The lowest BCUT2D eigenvalue weighted by Crippen LogP contribution is -2.36. The molecule has 0 aromatic carbocycles. The van der Waals surface area contributed by atoms with Crippen LogP contribution in [0.4, 0.5) is 4.39 Å². The van der Waals surface area contributed by atoms with E-state index in [4.69, 9.17) is 4.74 Å². The molecule has 1 aromatic rings. The highest BCUT2D eigenvalue weighted by Gasteiger charge is 2.20. The molecule has 6 heteroatoms. The molecule has 3 unspecified atom stereocenters. The maximum absolute atomic E-state index is 12.8. The molecule has 0 radical (unpaired) electrons.